The Morgan fingerprint density at radius 3 is 2.38 bits per heavy atom. The topological polar surface area (TPSA) is 97.7 Å². The number of hydrogen-bond donors (Lipinski definition) is 0. The van der Waals surface area contributed by atoms with Crippen molar-refractivity contribution in [2.24, 2.45) is 16.3 Å². The summed E-state index contributed by atoms with van der Waals surface area (Å²) in [6.45, 7) is 10.9. The molecular formula is C20H31N3O6. The Bertz CT molecular complexity index is 682. The van der Waals surface area contributed by atoms with Crippen molar-refractivity contribution < 1.29 is 28.6 Å². The van der Waals surface area contributed by atoms with Gasteiger partial charge in [0.05, 0.1) is 17.6 Å². The monoisotopic (exact) mass is 409 g/mol. The number of hydrogen-bond acceptors (Lipinski definition) is 8. The van der Waals surface area contributed by atoms with Crippen molar-refractivity contribution in [3.63, 3.8) is 0 Å². The van der Waals surface area contributed by atoms with E-state index in [0.717, 1.165) is 13.1 Å². The number of esters is 2. The highest BCUT2D eigenvalue weighted by atomic mass is 16.7. The molecule has 9 heteroatoms. The molecule has 3 rings (SSSR count). The maximum absolute atomic E-state index is 13.5. The van der Waals surface area contributed by atoms with Crippen LogP contribution in [0.15, 0.2) is 4.99 Å². The van der Waals surface area contributed by atoms with E-state index in [4.69, 9.17) is 14.2 Å². The predicted octanol–water partition coefficient (Wildman–Crippen LogP) is 0.467. The zero-order valence-corrected chi connectivity index (χ0v) is 17.7. The van der Waals surface area contributed by atoms with Crippen molar-refractivity contribution in [2.45, 2.75) is 51.4 Å². The predicted molar refractivity (Wildman–Crippen MR) is 104 cm³/mol. The van der Waals surface area contributed by atoms with E-state index in [1.807, 2.05) is 7.05 Å². The van der Waals surface area contributed by atoms with Crippen LogP contribution in [0.2, 0.25) is 0 Å². The van der Waals surface area contributed by atoms with E-state index >= 15 is 0 Å². The van der Waals surface area contributed by atoms with Gasteiger partial charge in [-0.1, -0.05) is 0 Å². The summed E-state index contributed by atoms with van der Waals surface area (Å²) in [6.07, 6.45) is 0.352. The lowest BCUT2D eigenvalue weighted by Crippen LogP contribution is -2.62. The maximum Gasteiger partial charge on any atom is 0.317 e. The van der Waals surface area contributed by atoms with Crippen molar-refractivity contribution in [1.29, 1.82) is 0 Å². The van der Waals surface area contributed by atoms with Crippen LogP contribution in [0.5, 0.6) is 0 Å². The summed E-state index contributed by atoms with van der Waals surface area (Å²) in [4.78, 5) is 46.4. The average molecular weight is 409 g/mol. The van der Waals surface area contributed by atoms with Gasteiger partial charge >= 0.3 is 11.9 Å². The third-order valence-corrected chi connectivity index (χ3v) is 6.04. The van der Waals surface area contributed by atoms with Crippen LogP contribution in [0, 0.1) is 11.3 Å². The second-order valence-electron chi connectivity index (χ2n) is 9.06. The minimum atomic E-state index is -1.38. The molecule has 3 heterocycles. The zero-order chi connectivity index (χ0) is 21.4. The Kier molecular flexibility index (Phi) is 6.01. The van der Waals surface area contributed by atoms with Gasteiger partial charge in [0.25, 0.3) is 5.91 Å². The molecule has 0 aromatic rings. The molecule has 3 aliphatic rings. The van der Waals surface area contributed by atoms with Gasteiger partial charge in [0.2, 0.25) is 6.79 Å². The van der Waals surface area contributed by atoms with Crippen LogP contribution in [0.4, 0.5) is 0 Å². The third-order valence-electron chi connectivity index (χ3n) is 6.04. The normalized spacial score (nSPS) is 32.1. The molecule has 0 saturated carbocycles. The number of carbonyl (C=O) groups is 3. The summed E-state index contributed by atoms with van der Waals surface area (Å²) < 4.78 is 16.2. The summed E-state index contributed by atoms with van der Waals surface area (Å²) in [7, 11) is 2.00. The molecule has 1 amide bonds. The number of rotatable bonds is 5. The first-order valence-electron chi connectivity index (χ1n) is 10.1. The summed E-state index contributed by atoms with van der Waals surface area (Å²) in [5, 5.41) is 0. The van der Waals surface area contributed by atoms with Crippen molar-refractivity contribution in [3.05, 3.63) is 0 Å². The number of aliphatic imine (C=N–C) groups is 1. The smallest absolute Gasteiger partial charge is 0.317 e. The Hall–Kier alpha value is -2.00. The largest absolute Gasteiger partial charge is 0.427 e. The van der Waals surface area contributed by atoms with Crippen LogP contribution in [-0.4, -0.2) is 92.1 Å². The number of fused-ring (bicyclic) bond motifs is 2. The summed E-state index contributed by atoms with van der Waals surface area (Å²) in [5.41, 5.74) is -2.09. The Labute approximate surface area is 171 Å². The van der Waals surface area contributed by atoms with Gasteiger partial charge in [-0.2, -0.15) is 0 Å². The highest BCUT2D eigenvalue weighted by molar-refractivity contribution is 5.95. The van der Waals surface area contributed by atoms with Crippen LogP contribution < -0.4 is 0 Å². The molecule has 0 radical (unpaired) electrons. The highest BCUT2D eigenvalue weighted by Crippen LogP contribution is 2.50. The lowest BCUT2D eigenvalue weighted by molar-refractivity contribution is -0.178. The fourth-order valence-corrected chi connectivity index (χ4v) is 4.30. The minimum absolute atomic E-state index is 0.235. The molecule has 2 bridgehead atoms. The zero-order valence-electron chi connectivity index (χ0n) is 17.7. The SMILES string of the molecule is C=N[C@]1(C(=O)N2CCN(C)CC2)[C@@H]2CC[C@@H](O2)[C@H]1C(=O)OCOC(=O)C(C)(C)C. The minimum Gasteiger partial charge on any atom is -0.427 e. The molecule has 9 nitrogen and oxygen atoms in total. The first-order valence-corrected chi connectivity index (χ1v) is 10.1. The highest BCUT2D eigenvalue weighted by Gasteiger charge is 2.68. The molecule has 3 saturated heterocycles. The van der Waals surface area contributed by atoms with E-state index < -0.39 is 47.8 Å². The van der Waals surface area contributed by atoms with Crippen LogP contribution in [-0.2, 0) is 28.6 Å². The van der Waals surface area contributed by atoms with Crippen molar-refractivity contribution in [2.75, 3.05) is 40.0 Å². The lowest BCUT2D eigenvalue weighted by Gasteiger charge is -2.41. The van der Waals surface area contributed by atoms with Gasteiger partial charge in [0, 0.05) is 26.2 Å². The van der Waals surface area contributed by atoms with E-state index in [0.29, 0.717) is 25.9 Å². The fourth-order valence-electron chi connectivity index (χ4n) is 4.30. The van der Waals surface area contributed by atoms with E-state index in [1.54, 1.807) is 25.7 Å². The van der Waals surface area contributed by atoms with Crippen LogP contribution in [0.25, 0.3) is 0 Å². The molecule has 0 N–H and O–H groups in total. The summed E-state index contributed by atoms with van der Waals surface area (Å²) in [6, 6.07) is 0. The molecular weight excluding hydrogens is 378 g/mol. The number of likely N-dealkylation sites (N-methyl/N-ethyl adjacent to an activating group) is 1. The lowest BCUT2D eigenvalue weighted by atomic mass is 9.72. The average Bonchev–Trinajstić information content (AvgIpc) is 3.27. The Morgan fingerprint density at radius 2 is 1.79 bits per heavy atom. The Balaban J connectivity index is 1.73. The van der Waals surface area contributed by atoms with Gasteiger partial charge in [-0.15, -0.1) is 0 Å². The molecule has 29 heavy (non-hydrogen) atoms. The van der Waals surface area contributed by atoms with E-state index in [-0.39, 0.29) is 5.91 Å². The van der Waals surface area contributed by atoms with Gasteiger partial charge in [-0.25, -0.2) is 0 Å². The summed E-state index contributed by atoms with van der Waals surface area (Å²) in [5.74, 6) is -2.24. The van der Waals surface area contributed by atoms with E-state index in [2.05, 4.69) is 16.6 Å². The molecule has 3 aliphatic heterocycles. The van der Waals surface area contributed by atoms with Crippen molar-refractivity contribution in [3.8, 4) is 0 Å². The second-order valence-corrected chi connectivity index (χ2v) is 9.06. The van der Waals surface area contributed by atoms with Crippen LogP contribution in [0.3, 0.4) is 0 Å². The second kappa shape index (κ2) is 8.02. The molecule has 3 fully saturated rings. The maximum atomic E-state index is 13.5. The van der Waals surface area contributed by atoms with Gasteiger partial charge in [0.15, 0.2) is 5.54 Å². The first kappa shape index (κ1) is 21.7. The molecule has 0 aromatic carbocycles. The number of amides is 1. The van der Waals surface area contributed by atoms with Gasteiger partial charge in [-0.05, 0) is 47.4 Å². The molecule has 162 valence electrons. The molecule has 4 atom stereocenters. The number of nitrogens with zero attached hydrogens (tertiary/aromatic N) is 3. The molecule has 0 unspecified atom stereocenters. The van der Waals surface area contributed by atoms with Crippen LogP contribution in [0.1, 0.15) is 33.6 Å². The standard InChI is InChI=1S/C20H31N3O6/c1-19(2,3)18(26)28-12-27-16(24)15-13-6-7-14(29-13)20(15,21-4)17(25)23-10-8-22(5)9-11-23/h13-15H,4,6-12H2,1-3,5H3/t13-,14+,15+,20-/m1/s1. The van der Waals surface area contributed by atoms with E-state index in [9.17, 15) is 14.4 Å². The van der Waals surface area contributed by atoms with Crippen molar-refractivity contribution >= 4 is 24.6 Å². The van der Waals surface area contributed by atoms with Crippen LogP contribution >= 0.6 is 0 Å². The quantitative estimate of drug-likeness (QED) is 0.370. The van der Waals surface area contributed by atoms with Gasteiger partial charge < -0.3 is 24.0 Å². The Morgan fingerprint density at radius 1 is 1.14 bits per heavy atom. The van der Waals surface area contributed by atoms with Gasteiger partial charge in [0.1, 0.15) is 5.92 Å². The van der Waals surface area contributed by atoms with Crippen molar-refractivity contribution in [1.82, 2.24) is 9.80 Å². The first-order chi connectivity index (χ1) is 13.6. The third kappa shape index (κ3) is 3.90. The molecule has 0 aromatic heterocycles. The molecule has 0 aliphatic carbocycles. The van der Waals surface area contributed by atoms with E-state index in [1.165, 1.54) is 0 Å². The fraction of sp³-hybridized carbons (Fsp3) is 0.800. The number of piperazine rings is 1. The number of ether oxygens (including phenoxy) is 3. The van der Waals surface area contributed by atoms with Gasteiger partial charge in [-0.3, -0.25) is 19.4 Å². The summed E-state index contributed by atoms with van der Waals surface area (Å²) >= 11 is 0. The molecule has 0 spiro atoms. The number of carbonyl (C=O) groups excluding carboxylic acids is 3.